The zero-order valence-electron chi connectivity index (χ0n) is 60.4. The molecule has 90 heavy (non-hydrogen) atoms. The van der Waals surface area contributed by atoms with Crippen LogP contribution in [-0.2, 0) is 27.9 Å². The third-order valence-corrected chi connectivity index (χ3v) is 18.4. The van der Waals surface area contributed by atoms with Crippen molar-refractivity contribution in [3.8, 4) is 0 Å². The Morgan fingerprint density at radius 1 is 0.389 bits per heavy atom. The first-order valence-electron chi connectivity index (χ1n) is 38.8. The summed E-state index contributed by atoms with van der Waals surface area (Å²) in [5, 5.41) is 3.08. The summed E-state index contributed by atoms with van der Waals surface area (Å²) >= 11 is 0. The van der Waals surface area contributed by atoms with Crippen molar-refractivity contribution in [3.05, 3.63) is 72.9 Å². The lowest BCUT2D eigenvalue weighted by molar-refractivity contribution is -0.870. The third kappa shape index (κ3) is 69.8. The average molecular weight is 1280 g/mol. The molecule has 0 bridgehead atoms. The highest BCUT2D eigenvalue weighted by Crippen LogP contribution is 2.43. The summed E-state index contributed by atoms with van der Waals surface area (Å²) < 4.78 is 30.9. The van der Waals surface area contributed by atoms with Gasteiger partial charge in [-0.15, -0.1) is 0 Å². The van der Waals surface area contributed by atoms with Gasteiger partial charge in [0.1, 0.15) is 19.3 Å². The average Bonchev–Trinajstić information content (AvgIpc) is 3.12. The minimum Gasteiger partial charge on any atom is -0.456 e. The van der Waals surface area contributed by atoms with Crippen molar-refractivity contribution >= 4 is 19.7 Å². The molecule has 9 nitrogen and oxygen atoms in total. The molecule has 0 rings (SSSR count). The Bertz CT molecular complexity index is 1770. The van der Waals surface area contributed by atoms with E-state index in [1.165, 1.54) is 263 Å². The molecule has 0 spiro atoms. The summed E-state index contributed by atoms with van der Waals surface area (Å²) in [4.78, 5) is 38.0. The van der Waals surface area contributed by atoms with E-state index in [9.17, 15) is 19.0 Å². The van der Waals surface area contributed by atoms with Crippen LogP contribution >= 0.6 is 7.82 Å². The number of ether oxygens (including phenoxy) is 1. The number of carbonyl (C=O) groups is 2. The number of phosphoric ester groups is 1. The second kappa shape index (κ2) is 69.3. The number of unbranched alkanes of at least 4 members (excludes halogenated alkanes) is 45. The molecule has 526 valence electrons. The molecular weight excluding hydrogens is 1130 g/mol. The van der Waals surface area contributed by atoms with Crippen LogP contribution < -0.4 is 5.32 Å². The van der Waals surface area contributed by atoms with Gasteiger partial charge in [0, 0.05) is 12.8 Å². The number of nitrogens with zero attached hydrogens (tertiary/aromatic N) is 1. The van der Waals surface area contributed by atoms with E-state index in [0.717, 1.165) is 77.0 Å². The number of hydrogen-bond donors (Lipinski definition) is 2. The molecule has 0 aromatic heterocycles. The van der Waals surface area contributed by atoms with E-state index in [2.05, 4.69) is 86.8 Å². The van der Waals surface area contributed by atoms with E-state index in [4.69, 9.17) is 13.8 Å². The number of allylic oxidation sites excluding steroid dienone is 11. The maximum Gasteiger partial charge on any atom is 0.472 e. The molecule has 0 saturated carbocycles. The summed E-state index contributed by atoms with van der Waals surface area (Å²) in [5.74, 6) is -0.491. The standard InChI is InChI=1S/C80H149N2O7P/c1-7-10-13-16-19-22-25-28-30-32-34-36-38-40-41-43-45-47-49-51-53-55-58-61-64-67-70-73-80(84)89-78(71-68-65-62-59-56-27-24-21-18-15-12-9-3)77(76-88-90(85,86)87-75-74-82(4,5)6)81-79(83)72-69-66-63-60-57-54-52-50-48-46-44-42-39-37-35-33-31-29-26-23-20-17-14-11-8-2/h19-20,22-23,28-31,34,36,68,71,77-78H,7-18,21,24-27,32-33,35,37-67,69-70,72-76H2,1-6H3,(H-,81,83,85,86)/p+1/b22-19-,23-20-,30-28-,31-29-,36-34-,71-68+. The molecule has 0 aromatic carbocycles. The number of quaternary nitrogens is 1. The highest BCUT2D eigenvalue weighted by molar-refractivity contribution is 7.47. The summed E-state index contributed by atoms with van der Waals surface area (Å²) in [6, 6.07) is -0.851. The number of likely N-dealkylation sites (N-methyl/N-ethyl adjacent to an activating group) is 1. The quantitative estimate of drug-likeness (QED) is 0.0205. The molecule has 0 fully saturated rings. The molecular formula is C80H150N2O7P+. The van der Waals surface area contributed by atoms with Gasteiger partial charge in [-0.2, -0.15) is 0 Å². The molecule has 0 aliphatic carbocycles. The highest BCUT2D eigenvalue weighted by atomic mass is 31.2. The molecule has 3 atom stereocenters. The van der Waals surface area contributed by atoms with Gasteiger partial charge in [0.2, 0.25) is 5.91 Å². The third-order valence-electron chi connectivity index (χ3n) is 17.4. The Morgan fingerprint density at radius 2 is 0.678 bits per heavy atom. The summed E-state index contributed by atoms with van der Waals surface area (Å²) in [6.07, 6.45) is 92.1. The maximum atomic E-state index is 13.7. The molecule has 2 N–H and O–H groups in total. The van der Waals surface area contributed by atoms with Gasteiger partial charge >= 0.3 is 13.8 Å². The normalized spacial score (nSPS) is 13.8. The Hall–Kier alpha value is -2.55. The first kappa shape index (κ1) is 87.5. The molecule has 0 heterocycles. The van der Waals surface area contributed by atoms with Crippen molar-refractivity contribution in [1.82, 2.24) is 5.32 Å². The lowest BCUT2D eigenvalue weighted by Gasteiger charge is -2.27. The molecule has 0 aliphatic rings. The zero-order valence-corrected chi connectivity index (χ0v) is 61.3. The number of amides is 1. The summed E-state index contributed by atoms with van der Waals surface area (Å²) in [5.41, 5.74) is 0. The first-order chi connectivity index (χ1) is 43.9. The van der Waals surface area contributed by atoms with Crippen LogP contribution in [0.3, 0.4) is 0 Å². The lowest BCUT2D eigenvalue weighted by atomic mass is 10.0. The summed E-state index contributed by atoms with van der Waals surface area (Å²) in [7, 11) is 1.51. The van der Waals surface area contributed by atoms with Gasteiger partial charge in [-0.1, -0.05) is 332 Å². The highest BCUT2D eigenvalue weighted by Gasteiger charge is 2.30. The SMILES string of the molecule is CCCCC/C=C\C/C=C\C/C=C\CCCCCCCCCCCCCCCCC(=O)OC(/C=C/CCCCCCCCCCCC)C(COP(=O)(O)OCC[N+](C)(C)C)NC(=O)CCCCCCCCCCCCCCCCC/C=C\C/C=C\CCCCC. The van der Waals surface area contributed by atoms with Crippen molar-refractivity contribution in [2.24, 2.45) is 0 Å². The van der Waals surface area contributed by atoms with Crippen LogP contribution in [0, 0.1) is 0 Å². The zero-order chi connectivity index (χ0) is 65.6. The Kier molecular flexibility index (Phi) is 67.3. The number of carbonyl (C=O) groups excluding carboxylic acids is 2. The van der Waals surface area contributed by atoms with Gasteiger partial charge < -0.3 is 19.4 Å². The fourth-order valence-electron chi connectivity index (χ4n) is 11.4. The Labute approximate surface area is 559 Å². The van der Waals surface area contributed by atoms with Crippen LogP contribution in [0.4, 0.5) is 0 Å². The van der Waals surface area contributed by atoms with Crippen molar-refractivity contribution in [2.75, 3.05) is 40.9 Å². The molecule has 0 aromatic rings. The van der Waals surface area contributed by atoms with Gasteiger partial charge in [-0.3, -0.25) is 18.6 Å². The van der Waals surface area contributed by atoms with Crippen LogP contribution in [0.25, 0.3) is 0 Å². The van der Waals surface area contributed by atoms with Crippen molar-refractivity contribution in [2.45, 2.75) is 386 Å². The molecule has 0 saturated heterocycles. The Morgan fingerprint density at radius 3 is 1.03 bits per heavy atom. The topological polar surface area (TPSA) is 111 Å². The number of esters is 1. The van der Waals surface area contributed by atoms with Crippen molar-refractivity contribution in [3.63, 3.8) is 0 Å². The lowest BCUT2D eigenvalue weighted by Crippen LogP contribution is -2.47. The molecule has 10 heteroatoms. The summed E-state index contributed by atoms with van der Waals surface area (Å²) in [6.45, 7) is 7.01. The van der Waals surface area contributed by atoms with Crippen LogP contribution in [0.2, 0.25) is 0 Å². The van der Waals surface area contributed by atoms with E-state index in [-0.39, 0.29) is 25.1 Å². The van der Waals surface area contributed by atoms with Crippen LogP contribution in [0.5, 0.6) is 0 Å². The molecule has 1 amide bonds. The number of phosphoric acid groups is 1. The monoisotopic (exact) mass is 1280 g/mol. The van der Waals surface area contributed by atoms with Gasteiger partial charge in [0.15, 0.2) is 0 Å². The second-order valence-corrected chi connectivity index (χ2v) is 29.0. The largest absolute Gasteiger partial charge is 0.472 e. The number of hydrogen-bond acceptors (Lipinski definition) is 6. The molecule has 0 radical (unpaired) electrons. The van der Waals surface area contributed by atoms with Gasteiger partial charge in [-0.25, -0.2) is 4.57 Å². The molecule has 3 unspecified atom stereocenters. The van der Waals surface area contributed by atoms with Crippen molar-refractivity contribution < 1.29 is 37.3 Å². The Balaban J connectivity index is 4.94. The van der Waals surface area contributed by atoms with Crippen LogP contribution in [-0.4, -0.2) is 74.3 Å². The van der Waals surface area contributed by atoms with E-state index in [0.29, 0.717) is 23.9 Å². The van der Waals surface area contributed by atoms with E-state index >= 15 is 0 Å². The smallest absolute Gasteiger partial charge is 0.456 e. The predicted molar refractivity (Wildman–Crippen MR) is 392 cm³/mol. The minimum absolute atomic E-state index is 0.0402. The van der Waals surface area contributed by atoms with E-state index in [1.807, 2.05) is 33.3 Å². The second-order valence-electron chi connectivity index (χ2n) is 27.5. The van der Waals surface area contributed by atoms with Gasteiger partial charge in [0.25, 0.3) is 0 Å². The van der Waals surface area contributed by atoms with Crippen LogP contribution in [0.15, 0.2) is 72.9 Å². The van der Waals surface area contributed by atoms with Gasteiger partial charge in [-0.05, 0) is 102 Å². The fraction of sp³-hybridized carbons (Fsp3) is 0.825. The van der Waals surface area contributed by atoms with E-state index in [1.54, 1.807) is 0 Å². The number of rotatable bonds is 71. The minimum atomic E-state index is -4.46. The van der Waals surface area contributed by atoms with Crippen molar-refractivity contribution in [1.29, 1.82) is 0 Å². The van der Waals surface area contributed by atoms with Crippen LogP contribution in [0.1, 0.15) is 374 Å². The number of nitrogens with one attached hydrogen (secondary N) is 1. The van der Waals surface area contributed by atoms with E-state index < -0.39 is 20.0 Å². The molecule has 0 aliphatic heterocycles. The van der Waals surface area contributed by atoms with Gasteiger partial charge in [0.05, 0.1) is 33.8 Å². The fourth-order valence-corrected chi connectivity index (χ4v) is 12.1. The first-order valence-corrected chi connectivity index (χ1v) is 40.3. The predicted octanol–water partition coefficient (Wildman–Crippen LogP) is 25.1. The maximum absolute atomic E-state index is 13.7.